The Kier molecular flexibility index (Phi) is 6.19. The van der Waals surface area contributed by atoms with Crippen molar-refractivity contribution in [2.75, 3.05) is 39.3 Å². The molecule has 2 aliphatic rings. The molecule has 2 saturated heterocycles. The minimum absolute atomic E-state index is 0.0101. The van der Waals surface area contributed by atoms with E-state index in [-0.39, 0.29) is 44.7 Å². The molecule has 1 aromatic carbocycles. The van der Waals surface area contributed by atoms with Crippen LogP contribution in [-0.2, 0) is 14.8 Å². The molecule has 2 aromatic rings. The molecule has 0 saturated carbocycles. The number of carbonyl (C=O) groups is 1. The van der Waals surface area contributed by atoms with Crippen LogP contribution in [-0.4, -0.2) is 67.7 Å². The Morgan fingerprint density at radius 3 is 2.37 bits per heavy atom. The van der Waals surface area contributed by atoms with Crippen molar-refractivity contribution in [1.29, 1.82) is 0 Å². The van der Waals surface area contributed by atoms with Gasteiger partial charge in [0, 0.05) is 37.1 Å². The molecule has 30 heavy (non-hydrogen) atoms. The zero-order valence-corrected chi connectivity index (χ0v) is 18.0. The lowest BCUT2D eigenvalue weighted by Gasteiger charge is -2.35. The summed E-state index contributed by atoms with van der Waals surface area (Å²) in [7, 11) is -4.30. The highest BCUT2D eigenvalue weighted by atomic mass is 32.2. The molecular weight excluding hydrogens is 432 g/mol. The summed E-state index contributed by atoms with van der Waals surface area (Å²) in [6, 6.07) is 7.33. The summed E-state index contributed by atoms with van der Waals surface area (Å²) in [5.74, 6) is -2.27. The van der Waals surface area contributed by atoms with Gasteiger partial charge in [0.2, 0.25) is 15.9 Å². The molecule has 2 fully saturated rings. The van der Waals surface area contributed by atoms with Crippen molar-refractivity contribution in [3.8, 4) is 0 Å². The summed E-state index contributed by atoms with van der Waals surface area (Å²) < 4.78 is 54.4. The van der Waals surface area contributed by atoms with E-state index in [9.17, 15) is 22.0 Å². The average Bonchev–Trinajstić information content (AvgIpc) is 3.39. The number of amides is 1. The fourth-order valence-corrected chi connectivity index (χ4v) is 6.55. The van der Waals surface area contributed by atoms with Gasteiger partial charge in [-0.3, -0.25) is 9.69 Å². The zero-order valence-electron chi connectivity index (χ0n) is 16.3. The molecule has 0 aliphatic carbocycles. The van der Waals surface area contributed by atoms with Gasteiger partial charge in [-0.2, -0.15) is 4.31 Å². The number of hydrogen-bond donors (Lipinski definition) is 0. The first-order chi connectivity index (χ1) is 14.4. The lowest BCUT2D eigenvalue weighted by Crippen LogP contribution is -2.52. The van der Waals surface area contributed by atoms with Crippen LogP contribution in [0.5, 0.6) is 0 Å². The van der Waals surface area contributed by atoms with Crippen LogP contribution in [0.25, 0.3) is 0 Å². The van der Waals surface area contributed by atoms with E-state index in [1.807, 2.05) is 11.4 Å². The smallest absolute Gasteiger partial charge is 0.249 e. The van der Waals surface area contributed by atoms with E-state index in [4.69, 9.17) is 0 Å². The third-order valence-electron chi connectivity index (χ3n) is 5.68. The lowest BCUT2D eigenvalue weighted by atomic mass is 10.2. The molecule has 0 spiro atoms. The summed E-state index contributed by atoms with van der Waals surface area (Å²) in [6.07, 6.45) is 2.06. The number of halogens is 2. The quantitative estimate of drug-likeness (QED) is 0.696. The average molecular weight is 456 g/mol. The molecule has 0 bridgehead atoms. The molecular formula is C20H23F2N3O3S2. The first kappa shape index (κ1) is 21.4. The largest absolute Gasteiger partial charge is 0.339 e. The molecule has 0 unspecified atom stereocenters. The van der Waals surface area contributed by atoms with Gasteiger partial charge in [-0.05, 0) is 43.0 Å². The van der Waals surface area contributed by atoms with Crippen LogP contribution in [0.2, 0.25) is 0 Å². The Hall–Kier alpha value is -1.88. The molecule has 6 nitrogen and oxygen atoms in total. The Bertz CT molecular complexity index is 986. The van der Waals surface area contributed by atoms with Crippen LogP contribution in [0.15, 0.2) is 40.6 Å². The molecule has 1 aromatic heterocycles. The Labute approximate surface area is 178 Å². The van der Waals surface area contributed by atoms with E-state index in [2.05, 4.69) is 11.0 Å². The molecule has 10 heteroatoms. The number of nitrogens with zero attached hydrogens (tertiary/aromatic N) is 3. The minimum atomic E-state index is -4.30. The van der Waals surface area contributed by atoms with Gasteiger partial charge in [0.15, 0.2) is 4.90 Å². The number of benzene rings is 1. The number of likely N-dealkylation sites (tertiary alicyclic amines) is 1. The van der Waals surface area contributed by atoms with Crippen LogP contribution < -0.4 is 0 Å². The zero-order chi connectivity index (χ0) is 21.3. The van der Waals surface area contributed by atoms with E-state index in [0.29, 0.717) is 0 Å². The highest BCUT2D eigenvalue weighted by molar-refractivity contribution is 7.89. The molecule has 3 heterocycles. The van der Waals surface area contributed by atoms with E-state index >= 15 is 0 Å². The fraction of sp³-hybridized carbons (Fsp3) is 0.450. The third kappa shape index (κ3) is 4.14. The monoisotopic (exact) mass is 455 g/mol. The number of hydrogen-bond acceptors (Lipinski definition) is 5. The summed E-state index contributed by atoms with van der Waals surface area (Å²) in [5.41, 5.74) is 0. The molecule has 4 rings (SSSR count). The topological polar surface area (TPSA) is 60.9 Å². The van der Waals surface area contributed by atoms with Crippen LogP contribution >= 0.6 is 11.3 Å². The third-order valence-corrected chi connectivity index (χ3v) is 8.61. The first-order valence-electron chi connectivity index (χ1n) is 9.87. The predicted octanol–water partition coefficient (Wildman–Crippen LogP) is 2.70. The summed E-state index contributed by atoms with van der Waals surface area (Å²) in [4.78, 5) is 16.9. The van der Waals surface area contributed by atoms with Crippen molar-refractivity contribution in [2.24, 2.45) is 0 Å². The van der Waals surface area contributed by atoms with E-state index in [1.54, 1.807) is 16.2 Å². The van der Waals surface area contributed by atoms with Gasteiger partial charge in [0.05, 0.1) is 6.54 Å². The summed E-state index contributed by atoms with van der Waals surface area (Å²) in [5, 5.41) is 2.03. The van der Waals surface area contributed by atoms with Crippen LogP contribution in [0, 0.1) is 11.6 Å². The lowest BCUT2D eigenvalue weighted by molar-refractivity contribution is -0.133. The van der Waals surface area contributed by atoms with Crippen molar-refractivity contribution >= 4 is 27.3 Å². The highest BCUT2D eigenvalue weighted by Gasteiger charge is 2.35. The minimum Gasteiger partial charge on any atom is -0.339 e. The van der Waals surface area contributed by atoms with Gasteiger partial charge in [-0.1, -0.05) is 12.1 Å². The molecule has 1 amide bonds. The molecule has 162 valence electrons. The van der Waals surface area contributed by atoms with Crippen molar-refractivity contribution in [3.63, 3.8) is 0 Å². The van der Waals surface area contributed by atoms with Gasteiger partial charge < -0.3 is 4.90 Å². The standard InChI is InChI=1S/C20H23F2N3O3S2/c21-15-4-1-5-16(22)20(15)30(27,28)25-11-9-23(10-12-25)19(26)14-24-8-2-6-17(24)18-7-3-13-29-18/h1,3-5,7,13,17H,2,6,8-12,14H2/t17-/m0/s1. The normalized spacial score (nSPS) is 21.3. The molecule has 0 radical (unpaired) electrons. The van der Waals surface area contributed by atoms with E-state index in [1.165, 1.54) is 4.88 Å². The van der Waals surface area contributed by atoms with Crippen molar-refractivity contribution in [3.05, 3.63) is 52.2 Å². The molecule has 2 aliphatic heterocycles. The summed E-state index contributed by atoms with van der Waals surface area (Å²) in [6.45, 7) is 1.57. The van der Waals surface area contributed by atoms with Gasteiger partial charge in [0.25, 0.3) is 0 Å². The first-order valence-corrected chi connectivity index (χ1v) is 12.2. The fourth-order valence-electron chi connectivity index (χ4n) is 4.13. The van der Waals surface area contributed by atoms with Gasteiger partial charge >= 0.3 is 0 Å². The number of rotatable bonds is 5. The van der Waals surface area contributed by atoms with Crippen molar-refractivity contribution < 1.29 is 22.0 Å². The number of sulfonamides is 1. The van der Waals surface area contributed by atoms with Crippen molar-refractivity contribution in [2.45, 2.75) is 23.8 Å². The van der Waals surface area contributed by atoms with Gasteiger partial charge in [-0.15, -0.1) is 11.3 Å². The second-order valence-corrected chi connectivity index (χ2v) is 10.3. The SMILES string of the molecule is O=C(CN1CCC[C@H]1c1cccs1)N1CCN(S(=O)(=O)c2c(F)cccc2F)CC1. The maximum atomic E-state index is 14.0. The van der Waals surface area contributed by atoms with Crippen LogP contribution in [0.4, 0.5) is 8.78 Å². The van der Waals surface area contributed by atoms with Crippen molar-refractivity contribution in [1.82, 2.24) is 14.1 Å². The second kappa shape index (κ2) is 8.70. The van der Waals surface area contributed by atoms with Crippen LogP contribution in [0.1, 0.15) is 23.8 Å². The Morgan fingerprint density at radius 1 is 1.03 bits per heavy atom. The van der Waals surface area contributed by atoms with E-state index < -0.39 is 26.6 Å². The molecule has 0 N–H and O–H groups in total. The Balaban J connectivity index is 1.38. The number of carbonyl (C=O) groups excluding carboxylic acids is 1. The summed E-state index contributed by atoms with van der Waals surface area (Å²) >= 11 is 1.69. The maximum absolute atomic E-state index is 14.0. The predicted molar refractivity (Wildman–Crippen MR) is 110 cm³/mol. The van der Waals surface area contributed by atoms with E-state index in [0.717, 1.165) is 41.9 Å². The number of piperazine rings is 1. The van der Waals surface area contributed by atoms with Gasteiger partial charge in [-0.25, -0.2) is 17.2 Å². The van der Waals surface area contributed by atoms with Gasteiger partial charge in [0.1, 0.15) is 11.6 Å². The maximum Gasteiger partial charge on any atom is 0.249 e. The second-order valence-electron chi connectivity index (χ2n) is 7.48. The molecule has 1 atom stereocenters. The Morgan fingerprint density at radius 2 is 1.73 bits per heavy atom. The highest BCUT2D eigenvalue weighted by Crippen LogP contribution is 2.34. The van der Waals surface area contributed by atoms with Crippen LogP contribution in [0.3, 0.4) is 0 Å². The number of thiophene rings is 1.